The summed E-state index contributed by atoms with van der Waals surface area (Å²) in [4.78, 5) is 0. The fourth-order valence-electron chi connectivity index (χ4n) is 1.48. The van der Waals surface area contributed by atoms with Crippen LogP contribution in [0.25, 0.3) is 0 Å². The lowest BCUT2D eigenvalue weighted by molar-refractivity contribution is 0.129. The maximum Gasteiger partial charge on any atom is 0.337 e. The maximum absolute atomic E-state index is 5.52. The summed E-state index contributed by atoms with van der Waals surface area (Å²) in [5, 5.41) is 3.22. The predicted molar refractivity (Wildman–Crippen MR) is 64.2 cm³/mol. The molecular formula is C10H25NO3Si. The third kappa shape index (κ3) is 6.27. The van der Waals surface area contributed by atoms with Crippen LogP contribution in [-0.4, -0.2) is 42.7 Å². The van der Waals surface area contributed by atoms with Crippen LogP contribution in [0.1, 0.15) is 20.3 Å². The second-order valence-electron chi connectivity index (χ2n) is 3.41. The van der Waals surface area contributed by atoms with Gasteiger partial charge in [0.1, 0.15) is 0 Å². The first kappa shape index (κ1) is 15.1. The van der Waals surface area contributed by atoms with Crippen LogP contribution in [0.5, 0.6) is 0 Å². The van der Waals surface area contributed by atoms with Gasteiger partial charge in [-0.1, -0.05) is 6.92 Å². The fraction of sp³-hybridized carbons (Fsp3) is 1.00. The van der Waals surface area contributed by atoms with E-state index in [1.165, 1.54) is 0 Å². The average molecular weight is 235 g/mol. The van der Waals surface area contributed by atoms with Gasteiger partial charge in [-0.3, -0.25) is 5.32 Å². The number of nitrogens with one attached hydrogen (secondary N) is 1. The summed E-state index contributed by atoms with van der Waals surface area (Å²) in [7, 11) is 1.65. The van der Waals surface area contributed by atoms with Crippen molar-refractivity contribution in [2.75, 3.05) is 34.1 Å². The molecule has 5 heteroatoms. The van der Waals surface area contributed by atoms with Crippen molar-refractivity contribution < 1.29 is 13.6 Å². The maximum atomic E-state index is 5.52. The van der Waals surface area contributed by atoms with Gasteiger partial charge in [0.2, 0.25) is 0 Å². The first-order valence-electron chi connectivity index (χ1n) is 5.63. The first-order chi connectivity index (χ1) is 7.24. The molecular weight excluding hydrogens is 210 g/mol. The zero-order valence-electron chi connectivity index (χ0n) is 10.5. The highest BCUT2D eigenvalue weighted by Gasteiger charge is 2.32. The van der Waals surface area contributed by atoms with E-state index in [2.05, 4.69) is 12.2 Å². The second-order valence-corrected chi connectivity index (χ2v) is 7.26. The van der Waals surface area contributed by atoms with Gasteiger partial charge in [0, 0.05) is 20.8 Å². The summed E-state index contributed by atoms with van der Waals surface area (Å²) >= 11 is 0. The Morgan fingerprint density at radius 3 is 2.27 bits per heavy atom. The smallest absolute Gasteiger partial charge is 0.337 e. The van der Waals surface area contributed by atoms with E-state index < -0.39 is 8.56 Å². The Bertz CT molecular complexity index is 134. The number of hydrogen-bond acceptors (Lipinski definition) is 4. The largest absolute Gasteiger partial charge is 0.398 e. The van der Waals surface area contributed by atoms with Crippen molar-refractivity contribution >= 4 is 8.56 Å². The van der Waals surface area contributed by atoms with Crippen molar-refractivity contribution in [1.29, 1.82) is 0 Å². The quantitative estimate of drug-likeness (QED) is 0.355. The minimum Gasteiger partial charge on any atom is -0.398 e. The molecule has 0 amide bonds. The average Bonchev–Trinajstić information content (AvgIpc) is 2.29. The topological polar surface area (TPSA) is 39.7 Å². The molecule has 0 aliphatic carbocycles. The van der Waals surface area contributed by atoms with Gasteiger partial charge in [0.25, 0.3) is 0 Å². The zero-order chi connectivity index (χ0) is 11.6. The Morgan fingerprint density at radius 2 is 1.80 bits per heavy atom. The third-order valence-corrected chi connectivity index (χ3v) is 6.28. The Balaban J connectivity index is 3.54. The molecule has 92 valence electrons. The van der Waals surface area contributed by atoms with Crippen LogP contribution >= 0.6 is 0 Å². The van der Waals surface area contributed by atoms with Crippen LogP contribution in [0.2, 0.25) is 12.1 Å². The summed E-state index contributed by atoms with van der Waals surface area (Å²) in [5.41, 5.74) is 0. The van der Waals surface area contributed by atoms with Gasteiger partial charge in [0.05, 0.1) is 6.73 Å². The van der Waals surface area contributed by atoms with E-state index in [0.29, 0.717) is 6.73 Å². The Labute approximate surface area is 94.5 Å². The van der Waals surface area contributed by atoms with E-state index in [1.54, 1.807) is 14.2 Å². The van der Waals surface area contributed by atoms with Crippen LogP contribution in [0, 0.1) is 0 Å². The molecule has 4 nitrogen and oxygen atoms in total. The lowest BCUT2D eigenvalue weighted by Gasteiger charge is -2.25. The molecule has 0 aliphatic heterocycles. The summed E-state index contributed by atoms with van der Waals surface area (Å²) in [6, 6.07) is 2.04. The van der Waals surface area contributed by atoms with Gasteiger partial charge in [0.15, 0.2) is 0 Å². The Hall–Kier alpha value is 0.0569. The molecule has 0 bridgehead atoms. The summed E-state index contributed by atoms with van der Waals surface area (Å²) < 4.78 is 16.2. The standard InChI is InChI=1S/C10H25NO3Si/c1-5-14-10-11-8-7-9-15(6-2,12-3)13-4/h11H,5-10H2,1-4H3. The predicted octanol–water partition coefficient (Wildman–Crippen LogP) is 1.72. The highest BCUT2D eigenvalue weighted by atomic mass is 28.4. The summed E-state index contributed by atoms with van der Waals surface area (Å²) in [5.74, 6) is 0. The fourth-order valence-corrected chi connectivity index (χ4v) is 3.70. The highest BCUT2D eigenvalue weighted by molar-refractivity contribution is 6.67. The molecule has 0 unspecified atom stereocenters. The van der Waals surface area contributed by atoms with E-state index in [1.807, 2.05) is 6.92 Å². The minimum atomic E-state index is -1.87. The first-order valence-corrected chi connectivity index (χ1v) is 7.86. The molecule has 0 heterocycles. The normalized spacial score (nSPS) is 12.0. The van der Waals surface area contributed by atoms with Crippen LogP contribution in [-0.2, 0) is 13.6 Å². The molecule has 0 fully saturated rings. The van der Waals surface area contributed by atoms with E-state index >= 15 is 0 Å². The van der Waals surface area contributed by atoms with E-state index in [0.717, 1.165) is 31.7 Å². The van der Waals surface area contributed by atoms with Gasteiger partial charge >= 0.3 is 8.56 Å². The van der Waals surface area contributed by atoms with Crippen molar-refractivity contribution in [3.05, 3.63) is 0 Å². The van der Waals surface area contributed by atoms with Gasteiger partial charge in [-0.15, -0.1) is 0 Å². The lowest BCUT2D eigenvalue weighted by Crippen LogP contribution is -2.39. The molecule has 0 saturated heterocycles. The Morgan fingerprint density at radius 1 is 1.13 bits per heavy atom. The lowest BCUT2D eigenvalue weighted by atomic mass is 10.5. The summed E-state index contributed by atoms with van der Waals surface area (Å²) in [6.45, 7) is 6.48. The molecule has 0 rings (SSSR count). The third-order valence-electron chi connectivity index (χ3n) is 2.60. The van der Waals surface area contributed by atoms with Gasteiger partial charge < -0.3 is 13.6 Å². The molecule has 1 N–H and O–H groups in total. The van der Waals surface area contributed by atoms with Crippen molar-refractivity contribution in [3.63, 3.8) is 0 Å². The van der Waals surface area contributed by atoms with E-state index in [-0.39, 0.29) is 0 Å². The molecule has 0 spiro atoms. The monoisotopic (exact) mass is 235 g/mol. The Kier molecular flexibility index (Phi) is 9.33. The second kappa shape index (κ2) is 9.29. The molecule has 0 atom stereocenters. The van der Waals surface area contributed by atoms with Crippen LogP contribution < -0.4 is 5.32 Å². The molecule has 0 aromatic heterocycles. The zero-order valence-corrected chi connectivity index (χ0v) is 11.5. The minimum absolute atomic E-state index is 0.636. The van der Waals surface area contributed by atoms with E-state index in [4.69, 9.17) is 13.6 Å². The number of hydrogen-bond donors (Lipinski definition) is 1. The van der Waals surface area contributed by atoms with Crippen molar-refractivity contribution in [2.24, 2.45) is 0 Å². The number of rotatable bonds is 10. The molecule has 15 heavy (non-hydrogen) atoms. The van der Waals surface area contributed by atoms with Gasteiger partial charge in [-0.05, 0) is 32.0 Å². The van der Waals surface area contributed by atoms with Crippen molar-refractivity contribution in [2.45, 2.75) is 32.4 Å². The van der Waals surface area contributed by atoms with Crippen molar-refractivity contribution in [3.8, 4) is 0 Å². The molecule has 0 aromatic rings. The molecule has 0 saturated carbocycles. The number of ether oxygens (including phenoxy) is 1. The van der Waals surface area contributed by atoms with Crippen LogP contribution in [0.4, 0.5) is 0 Å². The molecule has 0 aliphatic rings. The molecule has 0 aromatic carbocycles. The van der Waals surface area contributed by atoms with Gasteiger partial charge in [-0.2, -0.15) is 0 Å². The summed E-state index contributed by atoms with van der Waals surface area (Å²) in [6.07, 6.45) is 1.08. The highest BCUT2D eigenvalue weighted by Crippen LogP contribution is 2.18. The van der Waals surface area contributed by atoms with Gasteiger partial charge in [-0.25, -0.2) is 0 Å². The van der Waals surface area contributed by atoms with Crippen molar-refractivity contribution in [1.82, 2.24) is 5.32 Å². The van der Waals surface area contributed by atoms with Crippen LogP contribution in [0.15, 0.2) is 0 Å². The molecule has 0 radical (unpaired) electrons. The SMILES string of the molecule is CCOCNCCC[Si](CC)(OC)OC. The van der Waals surface area contributed by atoms with Crippen LogP contribution in [0.3, 0.4) is 0 Å². The van der Waals surface area contributed by atoms with E-state index in [9.17, 15) is 0 Å².